The summed E-state index contributed by atoms with van der Waals surface area (Å²) in [7, 11) is 0. The van der Waals surface area contributed by atoms with Gasteiger partial charge in [-0.3, -0.25) is 4.90 Å². The fourth-order valence-electron chi connectivity index (χ4n) is 1.56. The lowest BCUT2D eigenvalue weighted by atomic mass is 10.1. The normalized spacial score (nSPS) is 50.2. The second kappa shape index (κ2) is 5.16. The lowest BCUT2D eigenvalue weighted by molar-refractivity contribution is 0.160. The predicted molar refractivity (Wildman–Crippen MR) is 67.9 cm³/mol. The van der Waals surface area contributed by atoms with Crippen molar-refractivity contribution in [1.29, 1.82) is 0 Å². The molecule has 2 aliphatic heterocycles. The topological polar surface area (TPSA) is 41.9 Å². The standard InChI is InChI=1S/C14H19NO3/c16-9-12-2-1-6-15(12)7-5-11-3-4-13-14(8-11)18-10-17-13/h3-4,8,12,16H,1-2,5-7,9-10H2/t12-/m0/s1/i1D2,2D2,6D2,7D2,9D2,10D2,12D. The number of aliphatic hydroxyl groups is 1. The lowest BCUT2D eigenvalue weighted by Gasteiger charge is -2.22. The van der Waals surface area contributed by atoms with Crippen molar-refractivity contribution in [1.82, 2.24) is 4.90 Å². The molecular formula is C14H19NO3. The summed E-state index contributed by atoms with van der Waals surface area (Å²) >= 11 is 0. The van der Waals surface area contributed by atoms with Gasteiger partial charge in [-0.2, -0.15) is 0 Å². The van der Waals surface area contributed by atoms with Gasteiger partial charge in [-0.25, -0.2) is 0 Å². The number of likely N-dealkylation sites (tertiary alicyclic amines) is 1. The zero-order chi connectivity index (χ0) is 24.1. The van der Waals surface area contributed by atoms with Crippen LogP contribution in [0.5, 0.6) is 11.5 Å². The molecule has 0 saturated carbocycles. The number of ether oxygens (including phenoxy) is 2. The van der Waals surface area contributed by atoms with E-state index in [1.54, 1.807) is 0 Å². The Hall–Kier alpha value is -1.26. The minimum absolute atomic E-state index is 0.0139. The van der Waals surface area contributed by atoms with Crippen LogP contribution in [-0.4, -0.2) is 42.3 Å². The molecule has 1 atom stereocenters. The molecule has 1 N–H and O–H groups in total. The maximum absolute atomic E-state index is 9.95. The summed E-state index contributed by atoms with van der Waals surface area (Å²) in [5.74, 6) is -0.0805. The van der Waals surface area contributed by atoms with Crippen LogP contribution in [0.25, 0.3) is 0 Å². The molecule has 18 heavy (non-hydrogen) atoms. The van der Waals surface area contributed by atoms with Crippen LogP contribution in [0.15, 0.2) is 18.2 Å². The predicted octanol–water partition coefficient (Wildman–Crippen LogP) is 1.41. The molecule has 0 radical (unpaired) electrons. The number of rotatable bonds is 4. The van der Waals surface area contributed by atoms with Crippen molar-refractivity contribution >= 4 is 0 Å². The first-order chi connectivity index (χ1) is 13.6. The minimum atomic E-state index is -3.87. The van der Waals surface area contributed by atoms with Gasteiger partial charge in [-0.15, -0.1) is 0 Å². The Bertz CT molecular complexity index is 900. The Kier molecular flexibility index (Phi) is 1.18. The van der Waals surface area contributed by atoms with Crippen LogP contribution >= 0.6 is 0 Å². The maximum atomic E-state index is 9.95. The van der Waals surface area contributed by atoms with Crippen molar-refractivity contribution in [3.05, 3.63) is 23.8 Å². The summed E-state index contributed by atoms with van der Waals surface area (Å²) in [5.41, 5.74) is 0.0507. The molecule has 1 aromatic carbocycles. The quantitative estimate of drug-likeness (QED) is 0.891. The molecule has 1 saturated heterocycles. The van der Waals surface area contributed by atoms with Crippen molar-refractivity contribution in [3.8, 4) is 11.5 Å². The fraction of sp³-hybridized carbons (Fsp3) is 0.571. The smallest absolute Gasteiger partial charge is 0.231 e. The molecule has 3 rings (SSSR count). The summed E-state index contributed by atoms with van der Waals surface area (Å²) < 4.78 is 113. The number of aryl methyl sites for hydroxylation is 1. The van der Waals surface area contributed by atoms with Gasteiger partial charge in [0.2, 0.25) is 6.75 Å². The van der Waals surface area contributed by atoms with Gasteiger partial charge in [0.15, 0.2) is 11.5 Å². The van der Waals surface area contributed by atoms with Crippen molar-refractivity contribution in [3.63, 3.8) is 0 Å². The summed E-state index contributed by atoms with van der Waals surface area (Å²) in [6, 6.07) is -0.0198. The molecular weight excluding hydrogens is 230 g/mol. The lowest BCUT2D eigenvalue weighted by Crippen LogP contribution is -2.33. The summed E-state index contributed by atoms with van der Waals surface area (Å²) in [6.07, 6.45) is -8.08. The molecule has 98 valence electrons. The number of benzene rings is 1. The number of fused-ring (bicyclic) bond motifs is 1. The molecule has 0 unspecified atom stereocenters. The van der Waals surface area contributed by atoms with Gasteiger partial charge in [0.05, 0.1) is 9.30 Å². The molecule has 2 aliphatic rings. The first kappa shape index (κ1) is 4.12. The van der Waals surface area contributed by atoms with Gasteiger partial charge in [-0.1, -0.05) is 6.07 Å². The number of nitrogens with zero attached hydrogens (tertiary/aromatic N) is 1. The van der Waals surface area contributed by atoms with E-state index < -0.39 is 51.5 Å². The van der Waals surface area contributed by atoms with E-state index in [1.165, 1.54) is 18.2 Å². The highest BCUT2D eigenvalue weighted by Crippen LogP contribution is 2.32. The number of hydrogen-bond acceptors (Lipinski definition) is 4. The van der Waals surface area contributed by atoms with Crippen LogP contribution in [0.4, 0.5) is 0 Å². The van der Waals surface area contributed by atoms with Gasteiger partial charge in [0.25, 0.3) is 0 Å². The van der Waals surface area contributed by atoms with Crippen LogP contribution in [0.3, 0.4) is 0 Å². The largest absolute Gasteiger partial charge is 0.454 e. The van der Waals surface area contributed by atoms with Crippen LogP contribution in [0.2, 0.25) is 0 Å². The minimum Gasteiger partial charge on any atom is -0.454 e. The Balaban J connectivity index is 2.09. The average Bonchev–Trinajstić information content (AvgIpc) is 2.88. The average molecular weight is 262 g/mol. The van der Waals surface area contributed by atoms with Crippen molar-refractivity contribution in [2.45, 2.75) is 25.2 Å². The van der Waals surface area contributed by atoms with Crippen molar-refractivity contribution in [2.75, 3.05) is 26.3 Å². The monoisotopic (exact) mass is 262 g/mol. The van der Waals surface area contributed by atoms with E-state index in [2.05, 4.69) is 0 Å². The summed E-state index contributed by atoms with van der Waals surface area (Å²) in [6.45, 7) is -13.0. The molecule has 0 spiro atoms. The van der Waals surface area contributed by atoms with Crippen LogP contribution in [0.1, 0.15) is 36.1 Å². The van der Waals surface area contributed by atoms with Crippen LogP contribution < -0.4 is 9.47 Å². The van der Waals surface area contributed by atoms with Crippen LogP contribution in [0, 0.1) is 0 Å². The summed E-state index contributed by atoms with van der Waals surface area (Å²) in [4.78, 5) is -0.253. The summed E-state index contributed by atoms with van der Waals surface area (Å²) in [5, 5.41) is 9.95. The molecule has 4 nitrogen and oxygen atoms in total. The van der Waals surface area contributed by atoms with Gasteiger partial charge in [-0.05, 0) is 43.4 Å². The second-order valence-electron chi connectivity index (χ2n) is 3.56. The van der Waals surface area contributed by atoms with Gasteiger partial charge in [0.1, 0.15) is 2.74 Å². The Morgan fingerprint density at radius 2 is 2.39 bits per heavy atom. The highest BCUT2D eigenvalue weighted by Gasteiger charge is 2.23. The fourth-order valence-corrected chi connectivity index (χ4v) is 1.56. The van der Waals surface area contributed by atoms with E-state index in [-0.39, 0.29) is 22.0 Å². The third kappa shape index (κ3) is 2.31. The van der Waals surface area contributed by atoms with E-state index in [0.29, 0.717) is 0 Å². The SMILES string of the molecule is [2H]C1([2H])Oc2ccc(CC([2H])([2H])N3C([2H])([2H])C([2H])([2H])C([2H])([2H])[C@@]3([2H])C([2H])([2H])O)cc2O1. The third-order valence-electron chi connectivity index (χ3n) is 2.43. The molecule has 4 heteroatoms. The first-order valence-corrected chi connectivity index (χ1v) is 5.16. The zero-order valence-corrected chi connectivity index (χ0v) is 9.15. The molecule has 0 amide bonds. The Morgan fingerprint density at radius 3 is 3.28 bits per heavy atom. The van der Waals surface area contributed by atoms with E-state index in [9.17, 15) is 5.11 Å². The van der Waals surface area contributed by atoms with E-state index >= 15 is 0 Å². The highest BCUT2D eigenvalue weighted by molar-refractivity contribution is 5.44. The van der Waals surface area contributed by atoms with Gasteiger partial charge < -0.3 is 14.6 Å². The molecule has 0 aromatic heterocycles. The number of hydrogen-bond donors (Lipinski definition) is 1. The molecule has 2 heterocycles. The molecule has 0 bridgehead atoms. The van der Waals surface area contributed by atoms with E-state index in [0.717, 1.165) is 0 Å². The van der Waals surface area contributed by atoms with Gasteiger partial charge >= 0.3 is 0 Å². The Morgan fingerprint density at radius 1 is 1.50 bits per heavy atom. The maximum Gasteiger partial charge on any atom is 0.231 e. The van der Waals surface area contributed by atoms with Crippen LogP contribution in [-0.2, 0) is 6.42 Å². The third-order valence-corrected chi connectivity index (χ3v) is 2.43. The van der Waals surface area contributed by atoms with Crippen molar-refractivity contribution in [2.24, 2.45) is 0 Å². The van der Waals surface area contributed by atoms with E-state index in [1.807, 2.05) is 0 Å². The Labute approximate surface area is 125 Å². The second-order valence-corrected chi connectivity index (χ2v) is 3.56. The first-order valence-electron chi connectivity index (χ1n) is 11.7. The molecule has 1 aromatic rings. The van der Waals surface area contributed by atoms with Crippen molar-refractivity contribution < 1.29 is 32.4 Å². The molecule has 1 fully saturated rings. The van der Waals surface area contributed by atoms with E-state index in [4.69, 9.17) is 27.3 Å². The molecule has 0 aliphatic carbocycles. The van der Waals surface area contributed by atoms with Gasteiger partial charge in [0, 0.05) is 24.9 Å². The zero-order valence-electron chi connectivity index (χ0n) is 22.2. The highest BCUT2D eigenvalue weighted by atomic mass is 16.7.